The van der Waals surface area contributed by atoms with Crippen molar-refractivity contribution >= 4 is 28.4 Å². The molecule has 0 spiro atoms. The number of rotatable bonds is 4. The summed E-state index contributed by atoms with van der Waals surface area (Å²) in [5.41, 5.74) is 2.30. The normalized spacial score (nSPS) is 23.5. The zero-order valence-corrected chi connectivity index (χ0v) is 18.3. The molecule has 2 aromatic carbocycles. The molecule has 1 aromatic heterocycles. The molecule has 0 bridgehead atoms. The Morgan fingerprint density at radius 2 is 1.84 bits per heavy atom. The molecule has 1 saturated heterocycles. The molecule has 1 aliphatic carbocycles. The van der Waals surface area contributed by atoms with E-state index in [2.05, 4.69) is 24.1 Å². The number of carbonyl (C=O) groups excluding carboxylic acids is 2. The second-order valence-corrected chi connectivity index (χ2v) is 9.84. The molecular formula is C26H27N3O3. The number of aliphatic hydroxyl groups is 1. The quantitative estimate of drug-likeness (QED) is 0.658. The van der Waals surface area contributed by atoms with Gasteiger partial charge in [-0.3, -0.25) is 9.59 Å². The van der Waals surface area contributed by atoms with Crippen LogP contribution in [0.1, 0.15) is 41.1 Å². The molecule has 0 radical (unpaired) electrons. The molecule has 32 heavy (non-hydrogen) atoms. The number of nitrogens with one attached hydrogen (secondary N) is 1. The van der Waals surface area contributed by atoms with Crippen molar-refractivity contribution in [3.05, 3.63) is 71.9 Å². The van der Waals surface area contributed by atoms with Gasteiger partial charge in [-0.2, -0.15) is 0 Å². The predicted molar refractivity (Wildman–Crippen MR) is 123 cm³/mol. The smallest absolute Gasteiger partial charge is 0.274 e. The SMILES string of the molecule is CC1(C)C[C@]2(CO)CN(C(=O)c3ccc(NC(=O)c4ccc5ccccc5n4)cc3)C[C@H]12. The van der Waals surface area contributed by atoms with Crippen LogP contribution < -0.4 is 5.32 Å². The molecule has 6 nitrogen and oxygen atoms in total. The second-order valence-electron chi connectivity index (χ2n) is 9.84. The molecule has 164 valence electrons. The monoisotopic (exact) mass is 429 g/mol. The Bertz CT molecular complexity index is 1200. The van der Waals surface area contributed by atoms with Crippen LogP contribution >= 0.6 is 0 Å². The number of hydrogen-bond acceptors (Lipinski definition) is 4. The van der Waals surface area contributed by atoms with Gasteiger partial charge in [0.15, 0.2) is 0 Å². The molecule has 1 aliphatic heterocycles. The van der Waals surface area contributed by atoms with Gasteiger partial charge in [-0.15, -0.1) is 0 Å². The lowest BCUT2D eigenvalue weighted by Gasteiger charge is -2.55. The van der Waals surface area contributed by atoms with Crippen LogP contribution in [0, 0.1) is 16.7 Å². The van der Waals surface area contributed by atoms with E-state index >= 15 is 0 Å². The topological polar surface area (TPSA) is 82.5 Å². The number of benzene rings is 2. The summed E-state index contributed by atoms with van der Waals surface area (Å²) >= 11 is 0. The van der Waals surface area contributed by atoms with Crippen molar-refractivity contribution in [3.63, 3.8) is 0 Å². The summed E-state index contributed by atoms with van der Waals surface area (Å²) in [5.74, 6) is 0.00660. The minimum Gasteiger partial charge on any atom is -0.396 e. The fraction of sp³-hybridized carbons (Fsp3) is 0.346. The van der Waals surface area contributed by atoms with Crippen LogP contribution in [0.25, 0.3) is 10.9 Å². The lowest BCUT2D eigenvalue weighted by Crippen LogP contribution is -2.54. The number of aliphatic hydroxyl groups excluding tert-OH is 1. The number of fused-ring (bicyclic) bond motifs is 2. The van der Waals surface area contributed by atoms with Gasteiger partial charge in [0, 0.05) is 35.1 Å². The summed E-state index contributed by atoms with van der Waals surface area (Å²) in [4.78, 5) is 32.0. The van der Waals surface area contributed by atoms with E-state index in [4.69, 9.17) is 0 Å². The molecule has 1 saturated carbocycles. The van der Waals surface area contributed by atoms with Gasteiger partial charge in [-0.25, -0.2) is 4.98 Å². The first-order chi connectivity index (χ1) is 15.3. The largest absolute Gasteiger partial charge is 0.396 e. The van der Waals surface area contributed by atoms with Crippen molar-refractivity contribution in [1.82, 2.24) is 9.88 Å². The van der Waals surface area contributed by atoms with Gasteiger partial charge in [0.2, 0.25) is 0 Å². The average molecular weight is 430 g/mol. The number of hydrogen-bond donors (Lipinski definition) is 2. The van der Waals surface area contributed by atoms with Crippen molar-refractivity contribution in [3.8, 4) is 0 Å². The Morgan fingerprint density at radius 3 is 2.53 bits per heavy atom. The maximum absolute atomic E-state index is 13.1. The molecule has 2 atom stereocenters. The fourth-order valence-electron chi connectivity index (χ4n) is 5.76. The van der Waals surface area contributed by atoms with Crippen molar-refractivity contribution in [2.45, 2.75) is 20.3 Å². The number of likely N-dealkylation sites (tertiary alicyclic amines) is 1. The van der Waals surface area contributed by atoms with Crippen molar-refractivity contribution in [1.29, 1.82) is 0 Å². The number of aromatic nitrogens is 1. The first-order valence-corrected chi connectivity index (χ1v) is 11.0. The number of amides is 2. The molecule has 2 heterocycles. The summed E-state index contributed by atoms with van der Waals surface area (Å²) in [6.07, 6.45) is 0.943. The predicted octanol–water partition coefficient (Wildman–Crippen LogP) is 3.97. The molecule has 2 amide bonds. The van der Waals surface area contributed by atoms with E-state index < -0.39 is 0 Å². The molecule has 6 heteroatoms. The number of pyridine rings is 1. The van der Waals surface area contributed by atoms with Crippen LogP contribution in [-0.4, -0.2) is 46.5 Å². The van der Waals surface area contributed by atoms with Gasteiger partial charge >= 0.3 is 0 Å². The summed E-state index contributed by atoms with van der Waals surface area (Å²) in [6.45, 7) is 5.82. The maximum Gasteiger partial charge on any atom is 0.274 e. The third-order valence-electron chi connectivity index (χ3n) is 7.22. The Kier molecular flexibility index (Phi) is 4.78. The first-order valence-electron chi connectivity index (χ1n) is 11.0. The van der Waals surface area contributed by atoms with Gasteiger partial charge < -0.3 is 15.3 Å². The molecule has 0 unspecified atom stereocenters. The Labute approximate surface area is 187 Å². The van der Waals surface area contributed by atoms with Crippen LogP contribution in [0.2, 0.25) is 0 Å². The van der Waals surface area contributed by atoms with E-state index in [1.165, 1.54) is 0 Å². The van der Waals surface area contributed by atoms with Gasteiger partial charge in [0.05, 0.1) is 12.1 Å². The van der Waals surface area contributed by atoms with Crippen LogP contribution in [0.3, 0.4) is 0 Å². The number of para-hydroxylation sites is 1. The third kappa shape index (κ3) is 3.35. The highest BCUT2D eigenvalue weighted by Gasteiger charge is 2.63. The summed E-state index contributed by atoms with van der Waals surface area (Å²) in [6, 6.07) is 18.2. The van der Waals surface area contributed by atoms with Crippen LogP contribution in [0.5, 0.6) is 0 Å². The van der Waals surface area contributed by atoms with Crippen molar-refractivity contribution in [2.75, 3.05) is 25.0 Å². The summed E-state index contributed by atoms with van der Waals surface area (Å²) in [7, 11) is 0. The lowest BCUT2D eigenvalue weighted by atomic mass is 9.48. The Morgan fingerprint density at radius 1 is 1.09 bits per heavy atom. The molecular weight excluding hydrogens is 402 g/mol. The second kappa shape index (κ2) is 7.41. The summed E-state index contributed by atoms with van der Waals surface area (Å²) in [5, 5.41) is 13.8. The van der Waals surface area contributed by atoms with E-state index in [9.17, 15) is 14.7 Å². The van der Waals surface area contributed by atoms with Gasteiger partial charge in [0.1, 0.15) is 5.69 Å². The van der Waals surface area contributed by atoms with Gasteiger partial charge in [-0.1, -0.05) is 38.1 Å². The number of carbonyl (C=O) groups is 2. The first kappa shape index (κ1) is 20.6. The van der Waals surface area contributed by atoms with E-state index in [1.54, 1.807) is 30.3 Å². The molecule has 2 aliphatic rings. The van der Waals surface area contributed by atoms with Crippen molar-refractivity contribution in [2.24, 2.45) is 16.7 Å². The van der Waals surface area contributed by atoms with E-state index in [0.717, 1.165) is 17.3 Å². The highest BCUT2D eigenvalue weighted by Crippen LogP contribution is 2.62. The van der Waals surface area contributed by atoms with Gasteiger partial charge in [0.25, 0.3) is 11.8 Å². The third-order valence-corrected chi connectivity index (χ3v) is 7.22. The zero-order chi connectivity index (χ0) is 22.5. The summed E-state index contributed by atoms with van der Waals surface area (Å²) < 4.78 is 0. The highest BCUT2D eigenvalue weighted by atomic mass is 16.3. The molecule has 2 N–H and O–H groups in total. The Balaban J connectivity index is 1.27. The number of nitrogens with zero attached hydrogens (tertiary/aromatic N) is 2. The maximum atomic E-state index is 13.1. The standard InChI is InChI=1S/C26H27N3O3/c1-25(2)14-26(16-30)15-29(13-22(25)26)24(32)18-7-10-19(11-8-18)27-23(31)21-12-9-17-5-3-4-6-20(17)28-21/h3-12,22,30H,13-16H2,1-2H3,(H,27,31)/t22-,26-/m1/s1. The molecule has 5 rings (SSSR count). The minimum atomic E-state index is -0.293. The average Bonchev–Trinajstić information content (AvgIpc) is 3.14. The van der Waals surface area contributed by atoms with Gasteiger partial charge in [-0.05, 0) is 54.2 Å². The Hall–Kier alpha value is -3.25. The van der Waals surface area contributed by atoms with Crippen LogP contribution in [0.4, 0.5) is 5.69 Å². The van der Waals surface area contributed by atoms with E-state index in [-0.39, 0.29) is 29.3 Å². The van der Waals surface area contributed by atoms with E-state index in [0.29, 0.717) is 36.0 Å². The van der Waals surface area contributed by atoms with Crippen molar-refractivity contribution < 1.29 is 14.7 Å². The minimum absolute atomic E-state index is 0.0305. The zero-order valence-electron chi connectivity index (χ0n) is 18.3. The van der Waals surface area contributed by atoms with Crippen LogP contribution in [-0.2, 0) is 0 Å². The van der Waals surface area contributed by atoms with Crippen LogP contribution in [0.15, 0.2) is 60.7 Å². The molecule has 3 aromatic rings. The molecule has 2 fully saturated rings. The number of anilines is 1. The fourth-order valence-corrected chi connectivity index (χ4v) is 5.76. The highest BCUT2D eigenvalue weighted by molar-refractivity contribution is 6.04. The lowest BCUT2D eigenvalue weighted by molar-refractivity contribution is -0.0977. The van der Waals surface area contributed by atoms with E-state index in [1.807, 2.05) is 35.2 Å².